The molecule has 7 nitrogen and oxygen atoms in total. The first-order valence-corrected chi connectivity index (χ1v) is 7.16. The van der Waals surface area contributed by atoms with Gasteiger partial charge in [-0.3, -0.25) is 10.1 Å². The summed E-state index contributed by atoms with van der Waals surface area (Å²) in [7, 11) is 0. The van der Waals surface area contributed by atoms with Crippen molar-refractivity contribution < 1.29 is 4.79 Å². The summed E-state index contributed by atoms with van der Waals surface area (Å²) in [6.07, 6.45) is 7.20. The second kappa shape index (κ2) is 5.51. The highest BCUT2D eigenvalue weighted by molar-refractivity contribution is 7.15. The molecule has 0 saturated carbocycles. The summed E-state index contributed by atoms with van der Waals surface area (Å²) in [5, 5.41) is 3.40. The topological polar surface area (TPSA) is 106 Å². The van der Waals surface area contributed by atoms with Crippen LogP contribution >= 0.6 is 11.3 Å². The SMILES string of the molecule is NNc1cnc(C(=O)Nc2nc3c(s2)CCCC3)cn1. The van der Waals surface area contributed by atoms with E-state index in [-0.39, 0.29) is 11.6 Å². The number of nitrogens with zero attached hydrogens (tertiary/aromatic N) is 3. The molecule has 1 aliphatic carbocycles. The third-order valence-electron chi connectivity index (χ3n) is 3.10. The number of nitrogens with two attached hydrogens (primary N) is 1. The van der Waals surface area contributed by atoms with Crippen LogP contribution in [0.3, 0.4) is 0 Å². The van der Waals surface area contributed by atoms with Crippen LogP contribution in [-0.2, 0) is 12.8 Å². The Bertz CT molecular complexity index is 600. The quantitative estimate of drug-likeness (QED) is 0.582. The number of fused-ring (bicyclic) bond motifs is 1. The van der Waals surface area contributed by atoms with Crippen molar-refractivity contribution in [3.05, 3.63) is 28.7 Å². The van der Waals surface area contributed by atoms with Gasteiger partial charge in [0.1, 0.15) is 5.69 Å². The fourth-order valence-corrected chi connectivity index (χ4v) is 3.13. The summed E-state index contributed by atoms with van der Waals surface area (Å²) in [5.74, 6) is 5.29. The molecule has 104 valence electrons. The minimum Gasteiger partial charge on any atom is -0.307 e. The molecule has 0 aromatic carbocycles. The number of thiazole rings is 1. The molecule has 2 heterocycles. The molecule has 2 aromatic heterocycles. The Kier molecular flexibility index (Phi) is 3.57. The second-order valence-corrected chi connectivity index (χ2v) is 5.56. The molecule has 1 aliphatic rings. The lowest BCUT2D eigenvalue weighted by atomic mass is 10.0. The van der Waals surface area contributed by atoms with Gasteiger partial charge in [0, 0.05) is 4.88 Å². The Hall–Kier alpha value is -2.06. The molecule has 0 unspecified atom stereocenters. The number of nitrogen functional groups attached to an aromatic ring is 1. The van der Waals surface area contributed by atoms with Gasteiger partial charge in [-0.15, -0.1) is 11.3 Å². The van der Waals surface area contributed by atoms with Crippen molar-refractivity contribution in [2.45, 2.75) is 25.7 Å². The maximum Gasteiger partial charge on any atom is 0.277 e. The molecule has 2 aromatic rings. The fraction of sp³-hybridized carbons (Fsp3) is 0.333. The van der Waals surface area contributed by atoms with Crippen molar-refractivity contribution in [2.24, 2.45) is 5.84 Å². The monoisotopic (exact) mass is 290 g/mol. The number of amides is 1. The maximum absolute atomic E-state index is 12.0. The van der Waals surface area contributed by atoms with E-state index in [1.165, 1.54) is 30.1 Å². The Morgan fingerprint density at radius 1 is 1.25 bits per heavy atom. The number of nitrogens with one attached hydrogen (secondary N) is 2. The van der Waals surface area contributed by atoms with Crippen molar-refractivity contribution >= 4 is 28.2 Å². The minimum absolute atomic E-state index is 0.233. The number of carbonyl (C=O) groups excluding carboxylic acids is 1. The van der Waals surface area contributed by atoms with E-state index >= 15 is 0 Å². The first-order chi connectivity index (χ1) is 9.76. The number of rotatable bonds is 3. The first kappa shape index (κ1) is 12.9. The van der Waals surface area contributed by atoms with Gasteiger partial charge in [0.15, 0.2) is 10.9 Å². The van der Waals surface area contributed by atoms with Gasteiger partial charge in [-0.25, -0.2) is 20.8 Å². The molecule has 1 amide bonds. The van der Waals surface area contributed by atoms with Crippen molar-refractivity contribution in [1.82, 2.24) is 15.0 Å². The first-order valence-electron chi connectivity index (χ1n) is 6.35. The number of anilines is 2. The zero-order valence-electron chi connectivity index (χ0n) is 10.7. The van der Waals surface area contributed by atoms with E-state index in [9.17, 15) is 4.79 Å². The van der Waals surface area contributed by atoms with E-state index in [0.29, 0.717) is 10.9 Å². The normalized spacial score (nSPS) is 13.7. The van der Waals surface area contributed by atoms with Crippen molar-refractivity contribution in [1.29, 1.82) is 0 Å². The Balaban J connectivity index is 1.73. The van der Waals surface area contributed by atoms with Crippen LogP contribution in [0.2, 0.25) is 0 Å². The van der Waals surface area contributed by atoms with E-state index in [1.807, 2.05) is 0 Å². The third-order valence-corrected chi connectivity index (χ3v) is 4.17. The van der Waals surface area contributed by atoms with Crippen LogP contribution in [0, 0.1) is 0 Å². The highest BCUT2D eigenvalue weighted by atomic mass is 32.1. The summed E-state index contributed by atoms with van der Waals surface area (Å²) < 4.78 is 0. The molecule has 0 aliphatic heterocycles. The standard InChI is InChI=1S/C12H14N6OS/c13-18-10-6-14-8(5-15-10)11(19)17-12-16-7-3-1-2-4-9(7)20-12/h5-6H,1-4,13H2,(H,15,18)(H,16,17,19). The number of aromatic nitrogens is 3. The lowest BCUT2D eigenvalue weighted by Crippen LogP contribution is -2.15. The van der Waals surface area contributed by atoms with Crippen molar-refractivity contribution in [3.63, 3.8) is 0 Å². The average Bonchev–Trinajstić information content (AvgIpc) is 2.89. The van der Waals surface area contributed by atoms with Crippen LogP contribution in [-0.4, -0.2) is 20.9 Å². The van der Waals surface area contributed by atoms with E-state index in [1.54, 1.807) is 11.3 Å². The van der Waals surface area contributed by atoms with Gasteiger partial charge in [0.25, 0.3) is 5.91 Å². The maximum atomic E-state index is 12.0. The van der Waals surface area contributed by atoms with E-state index in [4.69, 9.17) is 5.84 Å². The van der Waals surface area contributed by atoms with Crippen LogP contribution in [0.4, 0.5) is 10.9 Å². The van der Waals surface area contributed by atoms with Crippen LogP contribution in [0.5, 0.6) is 0 Å². The summed E-state index contributed by atoms with van der Waals surface area (Å²) in [4.78, 5) is 25.7. The van der Waals surface area contributed by atoms with Gasteiger partial charge >= 0.3 is 0 Å². The Labute approximate surface area is 119 Å². The smallest absolute Gasteiger partial charge is 0.277 e. The Morgan fingerprint density at radius 3 is 2.80 bits per heavy atom. The summed E-state index contributed by atoms with van der Waals surface area (Å²) >= 11 is 1.54. The van der Waals surface area contributed by atoms with E-state index in [2.05, 4.69) is 25.7 Å². The Morgan fingerprint density at radius 2 is 2.10 bits per heavy atom. The third kappa shape index (κ3) is 2.61. The summed E-state index contributed by atoms with van der Waals surface area (Å²) in [5.41, 5.74) is 3.71. The van der Waals surface area contributed by atoms with Crippen molar-refractivity contribution in [3.8, 4) is 0 Å². The lowest BCUT2D eigenvalue weighted by molar-refractivity contribution is 0.102. The average molecular weight is 290 g/mol. The molecule has 0 radical (unpaired) electrons. The number of hydrazine groups is 1. The molecule has 0 bridgehead atoms. The van der Waals surface area contributed by atoms with Crippen LogP contribution < -0.4 is 16.6 Å². The molecule has 3 rings (SSSR count). The van der Waals surface area contributed by atoms with Crippen LogP contribution in [0.1, 0.15) is 33.9 Å². The van der Waals surface area contributed by atoms with Gasteiger partial charge in [-0.1, -0.05) is 0 Å². The zero-order chi connectivity index (χ0) is 13.9. The fourth-order valence-electron chi connectivity index (χ4n) is 2.09. The number of aryl methyl sites for hydroxylation is 2. The van der Waals surface area contributed by atoms with Gasteiger partial charge < -0.3 is 5.43 Å². The predicted octanol–water partition coefficient (Wildman–Crippen LogP) is 1.35. The van der Waals surface area contributed by atoms with Crippen molar-refractivity contribution in [2.75, 3.05) is 10.7 Å². The number of hydrogen-bond acceptors (Lipinski definition) is 7. The highest BCUT2D eigenvalue weighted by Crippen LogP contribution is 2.29. The molecule has 0 saturated heterocycles. The summed E-state index contributed by atoms with van der Waals surface area (Å²) in [6.45, 7) is 0. The largest absolute Gasteiger partial charge is 0.307 e. The minimum atomic E-state index is -0.313. The van der Waals surface area contributed by atoms with Gasteiger partial charge in [0.05, 0.1) is 18.1 Å². The molecule has 0 atom stereocenters. The van der Waals surface area contributed by atoms with E-state index < -0.39 is 0 Å². The molecule has 0 spiro atoms. The molecular weight excluding hydrogens is 276 g/mol. The van der Waals surface area contributed by atoms with Crippen LogP contribution in [0.15, 0.2) is 12.4 Å². The van der Waals surface area contributed by atoms with Crippen LogP contribution in [0.25, 0.3) is 0 Å². The summed E-state index contributed by atoms with van der Waals surface area (Å²) in [6, 6.07) is 0. The molecule has 0 fully saturated rings. The molecule has 20 heavy (non-hydrogen) atoms. The molecule has 8 heteroatoms. The molecule has 4 N–H and O–H groups in total. The van der Waals surface area contributed by atoms with E-state index in [0.717, 1.165) is 18.5 Å². The van der Waals surface area contributed by atoms with Gasteiger partial charge in [-0.05, 0) is 25.7 Å². The molecular formula is C12H14N6OS. The highest BCUT2D eigenvalue weighted by Gasteiger charge is 2.17. The zero-order valence-corrected chi connectivity index (χ0v) is 11.5. The number of carbonyl (C=O) groups is 1. The van der Waals surface area contributed by atoms with Gasteiger partial charge in [-0.2, -0.15) is 0 Å². The number of hydrogen-bond donors (Lipinski definition) is 3. The lowest BCUT2D eigenvalue weighted by Gasteiger charge is -2.06. The second-order valence-electron chi connectivity index (χ2n) is 4.48. The van der Waals surface area contributed by atoms with Gasteiger partial charge in [0.2, 0.25) is 0 Å². The predicted molar refractivity (Wildman–Crippen MR) is 76.6 cm³/mol.